The molecule has 198 valence electrons. The molecule has 9 nitrogen and oxygen atoms in total. The van der Waals surface area contributed by atoms with E-state index in [4.69, 9.17) is 11.6 Å². The van der Waals surface area contributed by atoms with Crippen LogP contribution in [-0.4, -0.2) is 58.5 Å². The van der Waals surface area contributed by atoms with Crippen molar-refractivity contribution in [2.75, 3.05) is 37.2 Å². The van der Waals surface area contributed by atoms with Crippen molar-refractivity contribution in [2.45, 2.75) is 23.9 Å². The van der Waals surface area contributed by atoms with Gasteiger partial charge in [0.1, 0.15) is 0 Å². The highest BCUT2D eigenvalue weighted by atomic mass is 35.5. The summed E-state index contributed by atoms with van der Waals surface area (Å²) in [6, 6.07) is 7.66. The zero-order valence-electron chi connectivity index (χ0n) is 19.2. The van der Waals surface area contributed by atoms with Gasteiger partial charge >= 0.3 is 6.18 Å². The molecule has 2 N–H and O–H groups in total. The lowest BCUT2D eigenvalue weighted by molar-refractivity contribution is -0.137. The number of carbonyl (C=O) groups is 1. The van der Waals surface area contributed by atoms with Crippen molar-refractivity contribution in [3.63, 3.8) is 0 Å². The lowest BCUT2D eigenvalue weighted by Crippen LogP contribution is -2.47. The van der Waals surface area contributed by atoms with Gasteiger partial charge in [-0.2, -0.15) is 30.2 Å². The molecule has 0 bridgehead atoms. The van der Waals surface area contributed by atoms with E-state index in [1.807, 2.05) is 0 Å². The molecule has 2 aromatic rings. The fourth-order valence-electron chi connectivity index (χ4n) is 3.58. The number of nitrogens with zero attached hydrogens (tertiary/aromatic N) is 2. The molecule has 0 radical (unpaired) electrons. The second-order valence-corrected chi connectivity index (χ2v) is 12.5. The molecule has 1 aliphatic heterocycles. The largest absolute Gasteiger partial charge is 0.417 e. The first kappa shape index (κ1) is 28.2. The Kier molecular flexibility index (Phi) is 8.25. The molecule has 0 aromatic heterocycles. The number of alkyl halides is 3. The number of halogens is 4. The van der Waals surface area contributed by atoms with Gasteiger partial charge in [0.05, 0.1) is 21.4 Å². The van der Waals surface area contributed by atoms with Gasteiger partial charge in [-0.25, -0.2) is 8.42 Å². The van der Waals surface area contributed by atoms with Crippen LogP contribution in [0.5, 0.6) is 0 Å². The Morgan fingerprint density at radius 3 is 2.25 bits per heavy atom. The van der Waals surface area contributed by atoms with E-state index in [2.05, 4.69) is 10.0 Å². The number of hydrogen-bond acceptors (Lipinski definition) is 5. The lowest BCUT2D eigenvalue weighted by atomic mass is 9.99. The number of sulfonamides is 1. The molecule has 1 atom stereocenters. The van der Waals surface area contributed by atoms with Gasteiger partial charge in [-0.15, -0.1) is 0 Å². The summed E-state index contributed by atoms with van der Waals surface area (Å²) in [6.45, 7) is 0.325. The Balaban J connectivity index is 1.69. The summed E-state index contributed by atoms with van der Waals surface area (Å²) in [6.07, 6.45) is -3.76. The Morgan fingerprint density at radius 2 is 1.67 bits per heavy atom. The Hall–Kier alpha value is -2.39. The molecular weight excluding hydrogens is 545 g/mol. The van der Waals surface area contributed by atoms with Gasteiger partial charge in [-0.1, -0.05) is 11.6 Å². The summed E-state index contributed by atoms with van der Waals surface area (Å²) in [5.74, 6) is -1.01. The Labute approximate surface area is 212 Å². The van der Waals surface area contributed by atoms with Crippen molar-refractivity contribution in [3.05, 3.63) is 53.1 Å². The average Bonchev–Trinajstić information content (AvgIpc) is 2.79. The second-order valence-electron chi connectivity index (χ2n) is 8.30. The fourth-order valence-corrected chi connectivity index (χ4v) is 6.04. The van der Waals surface area contributed by atoms with E-state index in [0.29, 0.717) is 25.5 Å². The summed E-state index contributed by atoms with van der Waals surface area (Å²) in [7, 11) is -5.08. The van der Waals surface area contributed by atoms with Crippen molar-refractivity contribution in [1.29, 1.82) is 0 Å². The molecule has 1 saturated heterocycles. The number of hydrogen-bond donors (Lipinski definition) is 2. The number of carbonyl (C=O) groups excluding carboxylic acids is 1. The third-order valence-electron chi connectivity index (χ3n) is 5.50. The van der Waals surface area contributed by atoms with Gasteiger partial charge < -0.3 is 5.32 Å². The first-order valence-corrected chi connectivity index (χ1v) is 13.8. The predicted molar refractivity (Wildman–Crippen MR) is 129 cm³/mol. The Bertz CT molecular complexity index is 1330. The van der Waals surface area contributed by atoms with Crippen LogP contribution < -0.4 is 10.0 Å². The highest BCUT2D eigenvalue weighted by Gasteiger charge is 2.34. The highest BCUT2D eigenvalue weighted by Crippen LogP contribution is 2.36. The molecule has 1 fully saturated rings. The molecule has 0 saturated carbocycles. The van der Waals surface area contributed by atoms with Crippen molar-refractivity contribution < 1.29 is 34.8 Å². The summed E-state index contributed by atoms with van der Waals surface area (Å²) in [5, 5.41) is 2.08. The van der Waals surface area contributed by atoms with Crippen LogP contribution in [0.2, 0.25) is 5.02 Å². The first-order valence-electron chi connectivity index (χ1n) is 10.6. The molecule has 0 aliphatic carbocycles. The van der Waals surface area contributed by atoms with E-state index in [0.717, 1.165) is 16.4 Å². The van der Waals surface area contributed by atoms with E-state index in [1.165, 1.54) is 42.7 Å². The number of piperidine rings is 1. The molecule has 0 spiro atoms. The third-order valence-corrected chi connectivity index (χ3v) is 9.13. The molecule has 2 aromatic carbocycles. The number of rotatable bonds is 7. The summed E-state index contributed by atoms with van der Waals surface area (Å²) < 4.78 is 93.5. The standard InChI is InChI=1S/C21H24ClF3N4O5S2/c1-28(2)36(33,34)29-11-3-4-14(13-29)20(30)26-15-5-8-17(9-6-15)35(31,32)27-16-7-10-19(22)18(12-16)21(23,24)25/h5-10,12,14,27H,3-4,11,13H2,1-2H3,(H,26,30)/t14-/m1/s1. The minimum Gasteiger partial charge on any atom is -0.326 e. The van der Waals surface area contributed by atoms with Gasteiger partial charge in [0, 0.05) is 38.6 Å². The van der Waals surface area contributed by atoms with Crippen molar-refractivity contribution >= 4 is 49.1 Å². The quantitative estimate of drug-likeness (QED) is 0.529. The van der Waals surface area contributed by atoms with E-state index in [-0.39, 0.29) is 22.8 Å². The molecular formula is C21H24ClF3N4O5S2. The van der Waals surface area contributed by atoms with Gasteiger partial charge in [0.25, 0.3) is 20.2 Å². The van der Waals surface area contributed by atoms with Crippen LogP contribution in [0.4, 0.5) is 24.5 Å². The van der Waals surface area contributed by atoms with Crippen LogP contribution in [0.25, 0.3) is 0 Å². The van der Waals surface area contributed by atoms with Crippen LogP contribution >= 0.6 is 11.6 Å². The van der Waals surface area contributed by atoms with Gasteiger partial charge in [-0.05, 0) is 55.3 Å². The molecule has 1 aliphatic rings. The number of anilines is 2. The van der Waals surface area contributed by atoms with Crippen molar-refractivity contribution in [2.24, 2.45) is 5.92 Å². The van der Waals surface area contributed by atoms with Crippen LogP contribution in [-0.2, 0) is 31.2 Å². The molecule has 3 rings (SSSR count). The Morgan fingerprint density at radius 1 is 1.06 bits per heavy atom. The number of amides is 1. The zero-order valence-corrected chi connectivity index (χ0v) is 21.6. The van der Waals surface area contributed by atoms with Crippen LogP contribution in [0.15, 0.2) is 47.4 Å². The molecule has 1 heterocycles. The third kappa shape index (κ3) is 6.48. The van der Waals surface area contributed by atoms with Crippen LogP contribution in [0.1, 0.15) is 18.4 Å². The van der Waals surface area contributed by atoms with E-state index in [9.17, 15) is 34.8 Å². The lowest BCUT2D eigenvalue weighted by Gasteiger charge is -2.32. The topological polar surface area (TPSA) is 116 Å². The van der Waals surface area contributed by atoms with E-state index in [1.54, 1.807) is 0 Å². The van der Waals surface area contributed by atoms with Crippen LogP contribution in [0.3, 0.4) is 0 Å². The monoisotopic (exact) mass is 568 g/mol. The normalized spacial score (nSPS) is 17.7. The summed E-state index contributed by atoms with van der Waals surface area (Å²) in [5.41, 5.74) is -1.22. The smallest absolute Gasteiger partial charge is 0.326 e. The first-order chi connectivity index (χ1) is 16.6. The SMILES string of the molecule is CN(C)S(=O)(=O)N1CCC[C@@H](C(=O)Nc2ccc(S(=O)(=O)Nc3ccc(Cl)c(C(F)(F)F)c3)cc2)C1. The summed E-state index contributed by atoms with van der Waals surface area (Å²) in [4.78, 5) is 12.4. The van der Waals surface area contributed by atoms with Crippen LogP contribution in [0, 0.1) is 5.92 Å². The van der Waals surface area contributed by atoms with E-state index >= 15 is 0 Å². The zero-order chi connectivity index (χ0) is 26.9. The molecule has 36 heavy (non-hydrogen) atoms. The maximum atomic E-state index is 13.1. The predicted octanol–water partition coefficient (Wildman–Crippen LogP) is 3.62. The van der Waals surface area contributed by atoms with E-state index < -0.39 is 48.8 Å². The maximum absolute atomic E-state index is 13.1. The minimum absolute atomic E-state index is 0.0176. The number of nitrogens with one attached hydrogen (secondary N) is 2. The molecule has 1 amide bonds. The minimum atomic E-state index is -4.76. The second kappa shape index (κ2) is 10.5. The molecule has 15 heteroatoms. The highest BCUT2D eigenvalue weighted by molar-refractivity contribution is 7.92. The fraction of sp³-hybridized carbons (Fsp3) is 0.381. The van der Waals surface area contributed by atoms with Gasteiger partial charge in [0.2, 0.25) is 5.91 Å². The van der Waals surface area contributed by atoms with Crippen molar-refractivity contribution in [3.8, 4) is 0 Å². The van der Waals surface area contributed by atoms with Crippen molar-refractivity contribution in [1.82, 2.24) is 8.61 Å². The van der Waals surface area contributed by atoms with Gasteiger partial charge in [-0.3, -0.25) is 9.52 Å². The average molecular weight is 569 g/mol. The maximum Gasteiger partial charge on any atom is 0.417 e. The number of benzene rings is 2. The van der Waals surface area contributed by atoms with Gasteiger partial charge in [0.15, 0.2) is 0 Å². The summed E-state index contributed by atoms with van der Waals surface area (Å²) >= 11 is 5.56. The molecule has 0 unspecified atom stereocenters.